The van der Waals surface area contributed by atoms with Gasteiger partial charge >= 0.3 is 0 Å². The van der Waals surface area contributed by atoms with E-state index in [2.05, 4.69) is 20.5 Å². The van der Waals surface area contributed by atoms with Gasteiger partial charge in [-0.05, 0) is 6.92 Å². The molecule has 2 aromatic heterocycles. The Morgan fingerprint density at radius 3 is 2.67 bits per heavy atom. The van der Waals surface area contributed by atoms with Crippen molar-refractivity contribution in [2.75, 3.05) is 7.11 Å². The van der Waals surface area contributed by atoms with Crippen molar-refractivity contribution in [3.8, 4) is 5.88 Å². The highest BCUT2D eigenvalue weighted by molar-refractivity contribution is 5.30. The maximum absolute atomic E-state index is 5.33. The number of nitrogens with one attached hydrogen (secondary N) is 1. The van der Waals surface area contributed by atoms with Gasteiger partial charge in [-0.3, -0.25) is 4.68 Å². The fraction of sp³-hybridized carbons (Fsp3) is 0.545. The van der Waals surface area contributed by atoms with Crippen molar-refractivity contribution in [1.29, 1.82) is 0 Å². The van der Waals surface area contributed by atoms with Crippen molar-refractivity contribution >= 4 is 0 Å². The molecule has 18 heavy (non-hydrogen) atoms. The normalized spacial score (nSPS) is 10.9. The second-order valence-corrected chi connectivity index (χ2v) is 4.13. The number of ether oxygens (including phenoxy) is 1. The van der Waals surface area contributed by atoms with Crippen LogP contribution in [0.25, 0.3) is 0 Å². The minimum atomic E-state index is 0.623. The minimum Gasteiger partial charge on any atom is -0.481 e. The molecule has 0 saturated heterocycles. The predicted octanol–water partition coefficient (Wildman–Crippen LogP) is 0.155. The Morgan fingerprint density at radius 2 is 2.06 bits per heavy atom. The molecule has 2 aromatic rings. The van der Waals surface area contributed by atoms with E-state index < -0.39 is 0 Å². The summed E-state index contributed by atoms with van der Waals surface area (Å²) in [6, 6.07) is 0. The molecule has 0 amide bonds. The lowest BCUT2D eigenvalue weighted by Gasteiger charge is -2.05. The second-order valence-electron chi connectivity index (χ2n) is 4.13. The van der Waals surface area contributed by atoms with E-state index in [-0.39, 0.29) is 0 Å². The molecule has 98 valence electrons. The van der Waals surface area contributed by atoms with Crippen LogP contribution in [-0.4, -0.2) is 31.7 Å². The molecule has 0 saturated carbocycles. The Labute approximate surface area is 106 Å². The van der Waals surface area contributed by atoms with Crippen LogP contribution in [0.4, 0.5) is 0 Å². The average molecular weight is 250 g/mol. The van der Waals surface area contributed by atoms with Crippen LogP contribution in [0.1, 0.15) is 17.1 Å². The molecule has 2 heterocycles. The number of hydrogen-bond donors (Lipinski definition) is 1. The smallest absolute Gasteiger partial charge is 0.216 e. The Bertz CT molecular complexity index is 530. The van der Waals surface area contributed by atoms with Crippen LogP contribution in [0.5, 0.6) is 5.88 Å². The third-order valence-electron chi connectivity index (χ3n) is 2.71. The van der Waals surface area contributed by atoms with E-state index in [4.69, 9.17) is 4.74 Å². The van der Waals surface area contributed by atoms with Gasteiger partial charge in [0, 0.05) is 20.6 Å². The highest BCUT2D eigenvalue weighted by Crippen LogP contribution is 2.20. The topological polar surface area (TPSA) is 69.8 Å². The first-order valence-corrected chi connectivity index (χ1v) is 5.73. The van der Waals surface area contributed by atoms with Crippen molar-refractivity contribution in [3.05, 3.63) is 23.4 Å². The van der Waals surface area contributed by atoms with E-state index >= 15 is 0 Å². The predicted molar refractivity (Wildman–Crippen MR) is 66.0 cm³/mol. The van der Waals surface area contributed by atoms with Gasteiger partial charge in [-0.25, -0.2) is 9.67 Å². The highest BCUT2D eigenvalue weighted by atomic mass is 16.5. The molecule has 0 radical (unpaired) electrons. The lowest BCUT2D eigenvalue weighted by atomic mass is 10.2. The van der Waals surface area contributed by atoms with Gasteiger partial charge in [0.1, 0.15) is 6.33 Å². The van der Waals surface area contributed by atoms with Crippen molar-refractivity contribution in [2.45, 2.75) is 20.0 Å². The number of methoxy groups -OCH3 is 1. The van der Waals surface area contributed by atoms with E-state index in [1.165, 1.54) is 0 Å². The first-order chi connectivity index (χ1) is 8.61. The molecule has 0 unspecified atom stereocenters. The summed E-state index contributed by atoms with van der Waals surface area (Å²) in [6.07, 6.45) is 1.69. The van der Waals surface area contributed by atoms with Gasteiger partial charge in [0.2, 0.25) is 5.88 Å². The first kappa shape index (κ1) is 12.6. The van der Waals surface area contributed by atoms with Gasteiger partial charge < -0.3 is 10.1 Å². The van der Waals surface area contributed by atoms with Gasteiger partial charge in [0.25, 0.3) is 0 Å². The van der Waals surface area contributed by atoms with Crippen molar-refractivity contribution in [1.82, 2.24) is 29.9 Å². The molecule has 2 rings (SSSR count). The fourth-order valence-corrected chi connectivity index (χ4v) is 1.90. The van der Waals surface area contributed by atoms with Crippen LogP contribution >= 0.6 is 0 Å². The van der Waals surface area contributed by atoms with Crippen LogP contribution in [0.2, 0.25) is 0 Å². The average Bonchev–Trinajstić information content (AvgIpc) is 2.84. The van der Waals surface area contributed by atoms with E-state index in [1.807, 2.05) is 21.0 Å². The summed E-state index contributed by atoms with van der Waals surface area (Å²) in [6.45, 7) is 3.28. The van der Waals surface area contributed by atoms with Gasteiger partial charge in [-0.2, -0.15) is 10.2 Å². The first-order valence-electron chi connectivity index (χ1n) is 5.73. The Balaban J connectivity index is 1.98. The quantitative estimate of drug-likeness (QED) is 0.818. The molecule has 0 spiro atoms. The molecule has 0 aliphatic rings. The van der Waals surface area contributed by atoms with Gasteiger partial charge in [-0.1, -0.05) is 0 Å². The van der Waals surface area contributed by atoms with E-state index in [1.54, 1.807) is 22.8 Å². The molecule has 7 nitrogen and oxygen atoms in total. The standard InChI is InChI=1S/C11H18N6O/c1-8-9(11(18-4)17(3)14-8)5-12-6-10-13-7-16(2)15-10/h7,12H,5-6H2,1-4H3. The number of aromatic nitrogens is 5. The van der Waals surface area contributed by atoms with Crippen LogP contribution in [0.3, 0.4) is 0 Å². The zero-order valence-electron chi connectivity index (χ0n) is 11.1. The summed E-state index contributed by atoms with van der Waals surface area (Å²) in [7, 11) is 5.38. The molecular weight excluding hydrogens is 232 g/mol. The lowest BCUT2D eigenvalue weighted by Crippen LogP contribution is -2.15. The van der Waals surface area contributed by atoms with Crippen LogP contribution in [0, 0.1) is 6.92 Å². The van der Waals surface area contributed by atoms with E-state index in [0.717, 1.165) is 23.0 Å². The van der Waals surface area contributed by atoms with Crippen LogP contribution < -0.4 is 10.1 Å². The Kier molecular flexibility index (Phi) is 3.61. The third-order valence-corrected chi connectivity index (χ3v) is 2.71. The maximum atomic E-state index is 5.33. The highest BCUT2D eigenvalue weighted by Gasteiger charge is 2.13. The zero-order valence-corrected chi connectivity index (χ0v) is 11.1. The summed E-state index contributed by atoms with van der Waals surface area (Å²) in [5.41, 5.74) is 2.03. The van der Waals surface area contributed by atoms with Gasteiger partial charge in [-0.15, -0.1) is 0 Å². The number of hydrogen-bond acceptors (Lipinski definition) is 5. The number of nitrogens with zero attached hydrogens (tertiary/aromatic N) is 5. The summed E-state index contributed by atoms with van der Waals surface area (Å²) in [5.74, 6) is 1.56. The summed E-state index contributed by atoms with van der Waals surface area (Å²) >= 11 is 0. The Morgan fingerprint density at radius 1 is 1.28 bits per heavy atom. The number of rotatable bonds is 5. The molecule has 0 atom stereocenters. The van der Waals surface area contributed by atoms with E-state index in [0.29, 0.717) is 13.1 Å². The molecule has 0 aliphatic heterocycles. The zero-order chi connectivity index (χ0) is 13.1. The fourth-order valence-electron chi connectivity index (χ4n) is 1.90. The molecule has 0 aromatic carbocycles. The molecule has 0 aliphatic carbocycles. The molecule has 0 bridgehead atoms. The molecule has 7 heteroatoms. The third kappa shape index (κ3) is 2.51. The SMILES string of the molecule is COc1c(CNCc2ncn(C)n2)c(C)nn1C. The largest absolute Gasteiger partial charge is 0.481 e. The van der Waals surface area contributed by atoms with Crippen LogP contribution in [0.15, 0.2) is 6.33 Å². The number of aryl methyl sites for hydroxylation is 3. The molecule has 1 N–H and O–H groups in total. The van der Waals surface area contributed by atoms with Crippen molar-refractivity contribution in [3.63, 3.8) is 0 Å². The summed E-state index contributed by atoms with van der Waals surface area (Å²) in [4.78, 5) is 4.15. The summed E-state index contributed by atoms with van der Waals surface area (Å²) < 4.78 is 8.76. The second kappa shape index (κ2) is 5.18. The minimum absolute atomic E-state index is 0.623. The van der Waals surface area contributed by atoms with Crippen molar-refractivity contribution in [2.24, 2.45) is 14.1 Å². The van der Waals surface area contributed by atoms with Gasteiger partial charge in [0.05, 0.1) is 24.9 Å². The summed E-state index contributed by atoms with van der Waals surface area (Å²) in [5, 5.41) is 11.8. The molecule has 0 fully saturated rings. The van der Waals surface area contributed by atoms with Crippen molar-refractivity contribution < 1.29 is 4.74 Å². The van der Waals surface area contributed by atoms with Crippen LogP contribution in [-0.2, 0) is 27.2 Å². The maximum Gasteiger partial charge on any atom is 0.216 e. The monoisotopic (exact) mass is 250 g/mol. The molecular formula is C11H18N6O. The lowest BCUT2D eigenvalue weighted by molar-refractivity contribution is 0.368. The Hall–Kier alpha value is -1.89. The van der Waals surface area contributed by atoms with Gasteiger partial charge in [0.15, 0.2) is 5.82 Å². The van der Waals surface area contributed by atoms with E-state index in [9.17, 15) is 0 Å².